The van der Waals surface area contributed by atoms with E-state index < -0.39 is 21.0 Å². The van der Waals surface area contributed by atoms with Gasteiger partial charge >= 0.3 is 8.25 Å². The van der Waals surface area contributed by atoms with Gasteiger partial charge in [-0.3, -0.25) is 4.57 Å². The molecule has 6 heteroatoms. The van der Waals surface area contributed by atoms with Crippen LogP contribution in [0.1, 0.15) is 26.7 Å². The Kier molecular flexibility index (Phi) is 14.4. The fourth-order valence-electron chi connectivity index (χ4n) is 0.220. The predicted octanol–water partition coefficient (Wildman–Crippen LogP) is 0.545. The Labute approximate surface area is 79.3 Å². The van der Waals surface area contributed by atoms with E-state index in [2.05, 4.69) is 18.4 Å². The maximum Gasteiger partial charge on any atom is 0.316 e. The van der Waals surface area contributed by atoms with Crippen LogP contribution in [0.3, 0.4) is 0 Å². The van der Waals surface area contributed by atoms with Gasteiger partial charge in [-0.05, 0) is 0 Å². The van der Waals surface area contributed by atoms with E-state index >= 15 is 0 Å². The van der Waals surface area contributed by atoms with Gasteiger partial charge in [0.25, 0.3) is 0 Å². The van der Waals surface area contributed by atoms with E-state index in [4.69, 9.17) is 15.1 Å². The maximum atomic E-state index is 9.79. The van der Waals surface area contributed by atoms with Crippen molar-refractivity contribution >= 4 is 8.25 Å². The third kappa shape index (κ3) is 18.8. The van der Waals surface area contributed by atoms with Gasteiger partial charge in [0.2, 0.25) is 0 Å². The third-order valence-electron chi connectivity index (χ3n) is 1.11. The summed E-state index contributed by atoms with van der Waals surface area (Å²) < 4.78 is 13.9. The molecule has 5 nitrogen and oxygen atoms in total. The Balaban J connectivity index is 0. The van der Waals surface area contributed by atoms with Gasteiger partial charge in [0.15, 0.2) is 0 Å². The normalized spacial score (nSPS) is 14.2. The number of aliphatic hydroxyl groups excluding tert-OH is 2. The van der Waals surface area contributed by atoms with Crippen molar-refractivity contribution in [3.63, 3.8) is 0 Å². The molecule has 0 bridgehead atoms. The Morgan fingerprint density at radius 1 is 1.38 bits per heavy atom. The predicted molar refractivity (Wildman–Crippen MR) is 50.8 cm³/mol. The zero-order valence-electron chi connectivity index (χ0n) is 8.06. The van der Waals surface area contributed by atoms with Crippen LogP contribution in [0, 0.1) is 0 Å². The minimum absolute atomic E-state index is 0.301. The molecule has 0 aliphatic rings. The fourth-order valence-corrected chi connectivity index (χ4v) is 0.555. The van der Waals surface area contributed by atoms with Gasteiger partial charge in [-0.15, -0.1) is 0 Å². The van der Waals surface area contributed by atoms with Crippen LogP contribution < -0.4 is 0 Å². The van der Waals surface area contributed by atoms with E-state index in [0.29, 0.717) is 0 Å². The molecule has 0 aliphatic carbocycles. The third-order valence-corrected chi connectivity index (χ3v) is 1.52. The van der Waals surface area contributed by atoms with Gasteiger partial charge in [-0.2, -0.15) is 0 Å². The van der Waals surface area contributed by atoms with E-state index in [1.165, 1.54) is 12.8 Å². The highest BCUT2D eigenvalue weighted by Crippen LogP contribution is 2.13. The van der Waals surface area contributed by atoms with Crippen LogP contribution in [-0.2, 0) is 9.09 Å². The van der Waals surface area contributed by atoms with Gasteiger partial charge in [0, 0.05) is 0 Å². The summed E-state index contributed by atoms with van der Waals surface area (Å²) in [5.41, 5.74) is 0. The highest BCUT2D eigenvalue weighted by atomic mass is 31.1. The molecule has 0 saturated carbocycles. The van der Waals surface area contributed by atoms with Crippen LogP contribution in [0.15, 0.2) is 0 Å². The van der Waals surface area contributed by atoms with Gasteiger partial charge in [0.1, 0.15) is 6.10 Å². The topological polar surface area (TPSA) is 87.0 Å². The van der Waals surface area contributed by atoms with Gasteiger partial charge in [-0.25, -0.2) is 0 Å². The lowest BCUT2D eigenvalue weighted by molar-refractivity contribution is 0.0525. The number of hydrogen-bond donors (Lipinski definition) is 3. The van der Waals surface area contributed by atoms with Crippen LogP contribution in [-0.4, -0.2) is 34.4 Å². The zero-order valence-corrected chi connectivity index (χ0v) is 9.06. The van der Waals surface area contributed by atoms with E-state index in [1.54, 1.807) is 0 Å². The minimum atomic E-state index is -2.96. The molecule has 0 rings (SSSR count). The van der Waals surface area contributed by atoms with Crippen molar-refractivity contribution in [1.29, 1.82) is 0 Å². The summed E-state index contributed by atoms with van der Waals surface area (Å²) in [7, 11) is -2.96. The van der Waals surface area contributed by atoms with Crippen molar-refractivity contribution in [2.24, 2.45) is 0 Å². The van der Waals surface area contributed by atoms with E-state index in [-0.39, 0.29) is 6.61 Å². The summed E-state index contributed by atoms with van der Waals surface area (Å²) in [6.07, 6.45) is 1.58. The quantitative estimate of drug-likeness (QED) is 0.581. The first-order valence-electron chi connectivity index (χ1n) is 4.23. The molecule has 82 valence electrons. The Morgan fingerprint density at radius 3 is 2.08 bits per heavy atom. The molecule has 0 aromatic rings. The SMILES string of the molecule is CCCC.O=[PH](O)OCC(O)CO. The molecule has 0 aromatic carbocycles. The summed E-state index contributed by atoms with van der Waals surface area (Å²) in [5.74, 6) is 0. The zero-order chi connectivity index (χ0) is 10.7. The van der Waals surface area contributed by atoms with Crippen LogP contribution in [0.5, 0.6) is 0 Å². The van der Waals surface area contributed by atoms with Gasteiger partial charge in [0.05, 0.1) is 13.2 Å². The Morgan fingerprint density at radius 2 is 1.85 bits per heavy atom. The van der Waals surface area contributed by atoms with Gasteiger partial charge in [-0.1, -0.05) is 26.7 Å². The second-order valence-corrected chi connectivity index (χ2v) is 3.23. The molecular weight excluding hydrogens is 195 g/mol. The van der Waals surface area contributed by atoms with Crippen molar-refractivity contribution in [3.8, 4) is 0 Å². The largest absolute Gasteiger partial charge is 0.394 e. The molecule has 0 saturated heterocycles. The molecule has 0 spiro atoms. The van der Waals surface area contributed by atoms with E-state index in [9.17, 15) is 4.57 Å². The average Bonchev–Trinajstić information content (AvgIpc) is 2.14. The van der Waals surface area contributed by atoms with Crippen molar-refractivity contribution in [3.05, 3.63) is 0 Å². The standard InChI is InChI=1S/C4H10.C3H9O5P/c1-3-4-2;4-1-3(5)2-8-9(6)7/h3-4H2,1-2H3;3-5,9H,1-2H2,(H,6,7). The first-order chi connectivity index (χ1) is 6.08. The van der Waals surface area contributed by atoms with Crippen molar-refractivity contribution < 1.29 is 24.2 Å². The summed E-state index contributed by atoms with van der Waals surface area (Å²) in [5, 5.41) is 16.6. The Hall–Kier alpha value is 0.0700. The van der Waals surface area contributed by atoms with Crippen molar-refractivity contribution in [1.82, 2.24) is 0 Å². The molecule has 0 fully saturated rings. The highest BCUT2D eigenvalue weighted by Gasteiger charge is 2.02. The minimum Gasteiger partial charge on any atom is -0.394 e. The van der Waals surface area contributed by atoms with Crippen molar-refractivity contribution in [2.75, 3.05) is 13.2 Å². The van der Waals surface area contributed by atoms with Crippen molar-refractivity contribution in [2.45, 2.75) is 32.8 Å². The first kappa shape index (κ1) is 15.5. The molecule has 3 N–H and O–H groups in total. The first-order valence-corrected chi connectivity index (χ1v) is 5.49. The molecule has 0 amide bonds. The molecule has 2 atom stereocenters. The van der Waals surface area contributed by atoms with E-state index in [0.717, 1.165) is 0 Å². The van der Waals surface area contributed by atoms with Crippen LogP contribution in [0.4, 0.5) is 0 Å². The molecule has 0 aliphatic heterocycles. The lowest BCUT2D eigenvalue weighted by Gasteiger charge is -2.03. The number of hydrogen-bond acceptors (Lipinski definition) is 4. The molecule has 2 unspecified atom stereocenters. The molecule has 0 heterocycles. The monoisotopic (exact) mass is 214 g/mol. The summed E-state index contributed by atoms with van der Waals surface area (Å²) in [6, 6.07) is 0. The highest BCUT2D eigenvalue weighted by molar-refractivity contribution is 7.32. The summed E-state index contributed by atoms with van der Waals surface area (Å²) >= 11 is 0. The molecular formula is C7H19O5P. The molecule has 0 radical (unpaired) electrons. The van der Waals surface area contributed by atoms with E-state index in [1.807, 2.05) is 0 Å². The fraction of sp³-hybridized carbons (Fsp3) is 1.00. The summed E-state index contributed by atoms with van der Waals surface area (Å²) in [6.45, 7) is 3.60. The number of unbranched alkanes of at least 4 members (excludes halogenated alkanes) is 1. The summed E-state index contributed by atoms with van der Waals surface area (Å²) in [4.78, 5) is 8.03. The molecule has 0 aromatic heterocycles. The van der Waals surface area contributed by atoms with Crippen LogP contribution in [0.2, 0.25) is 0 Å². The van der Waals surface area contributed by atoms with Crippen LogP contribution >= 0.6 is 8.25 Å². The van der Waals surface area contributed by atoms with Crippen LogP contribution in [0.25, 0.3) is 0 Å². The second kappa shape index (κ2) is 12.1. The second-order valence-electron chi connectivity index (χ2n) is 2.41. The molecule has 13 heavy (non-hydrogen) atoms. The van der Waals surface area contributed by atoms with Gasteiger partial charge < -0.3 is 19.6 Å². The number of aliphatic hydroxyl groups is 2. The number of rotatable bonds is 5. The smallest absolute Gasteiger partial charge is 0.316 e. The maximum absolute atomic E-state index is 9.79. The average molecular weight is 214 g/mol. The Bertz CT molecular complexity index is 117. The lowest BCUT2D eigenvalue weighted by Crippen LogP contribution is -2.17. The lowest BCUT2D eigenvalue weighted by atomic mass is 10.4.